The van der Waals surface area contributed by atoms with Gasteiger partial charge in [0.15, 0.2) is 0 Å². The molecule has 4 nitrogen and oxygen atoms in total. The van der Waals surface area contributed by atoms with Crippen molar-refractivity contribution in [2.24, 2.45) is 11.0 Å². The van der Waals surface area contributed by atoms with Crippen molar-refractivity contribution in [3.05, 3.63) is 42.0 Å². The monoisotopic (exact) mass is 330 g/mol. The van der Waals surface area contributed by atoms with Crippen LogP contribution in [0, 0.1) is 5.92 Å². The van der Waals surface area contributed by atoms with E-state index in [1.165, 1.54) is 0 Å². The fourth-order valence-electron chi connectivity index (χ4n) is 2.50. The lowest BCUT2D eigenvalue weighted by molar-refractivity contribution is -0.121. The molecule has 2 rings (SSSR count). The maximum atomic E-state index is 11.3. The Hall–Kier alpha value is -2.01. The molecule has 1 N–H and O–H groups in total. The van der Waals surface area contributed by atoms with Crippen LogP contribution >= 0.6 is 11.8 Å². The number of amides is 1. The summed E-state index contributed by atoms with van der Waals surface area (Å²) in [6.45, 7) is 7.77. The lowest BCUT2D eigenvalue weighted by Gasteiger charge is -2.19. The van der Waals surface area contributed by atoms with Crippen molar-refractivity contribution in [1.29, 1.82) is 0 Å². The van der Waals surface area contributed by atoms with E-state index in [0.29, 0.717) is 6.42 Å². The molecule has 1 aromatic rings. The molecule has 1 aliphatic rings. The molecule has 1 unspecified atom stereocenters. The second kappa shape index (κ2) is 8.02. The van der Waals surface area contributed by atoms with E-state index in [-0.39, 0.29) is 11.8 Å². The molecule has 0 spiro atoms. The van der Waals surface area contributed by atoms with Gasteiger partial charge in [0.2, 0.25) is 5.91 Å². The smallest absolute Gasteiger partial charge is 0.240 e. The zero-order valence-corrected chi connectivity index (χ0v) is 14.6. The number of hydrogen-bond donors (Lipinski definition) is 1. The molecule has 1 heterocycles. The largest absolute Gasteiger partial charge is 0.496 e. The van der Waals surface area contributed by atoms with E-state index in [1.807, 2.05) is 26.0 Å². The minimum Gasteiger partial charge on any atom is -0.496 e. The molecule has 1 aromatic carbocycles. The fourth-order valence-corrected chi connectivity index (χ4v) is 3.24. The number of carbonyl (C=O) groups excluding carboxylic acids is 1. The SMILES string of the molecule is C=CCSc1ccc(C=C(C)C2=NNC(=O)CC2C)cc1OC. The van der Waals surface area contributed by atoms with Crippen LogP contribution < -0.4 is 10.2 Å². The van der Waals surface area contributed by atoms with E-state index < -0.39 is 0 Å². The fraction of sp³-hybridized carbons (Fsp3) is 0.333. The number of methoxy groups -OCH3 is 1. The van der Waals surface area contributed by atoms with Crippen LogP contribution in [0.5, 0.6) is 5.75 Å². The Labute approximate surface area is 141 Å². The third-order valence-electron chi connectivity index (χ3n) is 3.59. The molecule has 1 amide bonds. The van der Waals surface area contributed by atoms with E-state index in [1.54, 1.807) is 18.9 Å². The van der Waals surface area contributed by atoms with Gasteiger partial charge in [-0.2, -0.15) is 5.10 Å². The van der Waals surface area contributed by atoms with Gasteiger partial charge in [-0.25, -0.2) is 5.43 Å². The van der Waals surface area contributed by atoms with E-state index in [0.717, 1.165) is 33.2 Å². The highest BCUT2D eigenvalue weighted by Gasteiger charge is 2.21. The van der Waals surface area contributed by atoms with Gasteiger partial charge >= 0.3 is 0 Å². The lowest BCUT2D eigenvalue weighted by atomic mass is 9.93. The highest BCUT2D eigenvalue weighted by atomic mass is 32.2. The molecule has 0 fully saturated rings. The molecule has 0 saturated carbocycles. The van der Waals surface area contributed by atoms with Gasteiger partial charge in [-0.05, 0) is 30.2 Å². The molecule has 0 saturated heterocycles. The van der Waals surface area contributed by atoms with E-state index in [9.17, 15) is 4.79 Å². The van der Waals surface area contributed by atoms with E-state index in [4.69, 9.17) is 4.74 Å². The van der Waals surface area contributed by atoms with Crippen LogP contribution in [-0.2, 0) is 4.79 Å². The highest BCUT2D eigenvalue weighted by Crippen LogP contribution is 2.31. The van der Waals surface area contributed by atoms with Crippen molar-refractivity contribution in [3.63, 3.8) is 0 Å². The first-order valence-corrected chi connectivity index (χ1v) is 8.50. The number of thioether (sulfide) groups is 1. The van der Waals surface area contributed by atoms with Crippen LogP contribution in [0.2, 0.25) is 0 Å². The number of carbonyl (C=O) groups is 1. The van der Waals surface area contributed by atoms with Crippen molar-refractivity contribution < 1.29 is 9.53 Å². The van der Waals surface area contributed by atoms with Gasteiger partial charge in [-0.1, -0.05) is 25.1 Å². The van der Waals surface area contributed by atoms with Crippen molar-refractivity contribution in [3.8, 4) is 5.75 Å². The Bertz CT molecular complexity index is 665. The summed E-state index contributed by atoms with van der Waals surface area (Å²) in [6.07, 6.45) is 4.42. The number of hydrazone groups is 1. The van der Waals surface area contributed by atoms with Gasteiger partial charge in [-0.3, -0.25) is 4.79 Å². The normalized spacial score (nSPS) is 18.2. The Balaban J connectivity index is 2.24. The van der Waals surface area contributed by atoms with Crippen molar-refractivity contribution in [2.45, 2.75) is 25.2 Å². The van der Waals surface area contributed by atoms with Crippen LogP contribution in [0.4, 0.5) is 0 Å². The molecule has 1 aliphatic heterocycles. The Morgan fingerprint density at radius 1 is 1.57 bits per heavy atom. The minimum absolute atomic E-state index is 0.0284. The highest BCUT2D eigenvalue weighted by molar-refractivity contribution is 7.99. The van der Waals surface area contributed by atoms with Crippen LogP contribution in [0.15, 0.2) is 46.4 Å². The summed E-state index contributed by atoms with van der Waals surface area (Å²) in [5.41, 5.74) is 5.58. The van der Waals surface area contributed by atoms with Crippen LogP contribution in [-0.4, -0.2) is 24.5 Å². The van der Waals surface area contributed by atoms with Gasteiger partial charge < -0.3 is 4.74 Å². The predicted molar refractivity (Wildman–Crippen MR) is 96.9 cm³/mol. The zero-order chi connectivity index (χ0) is 16.8. The Kier molecular flexibility index (Phi) is 6.04. The summed E-state index contributed by atoms with van der Waals surface area (Å²) in [7, 11) is 1.68. The number of benzene rings is 1. The van der Waals surface area contributed by atoms with Crippen LogP contribution in [0.3, 0.4) is 0 Å². The summed E-state index contributed by atoms with van der Waals surface area (Å²) < 4.78 is 5.47. The molecule has 122 valence electrons. The third kappa shape index (κ3) is 4.48. The van der Waals surface area contributed by atoms with Gasteiger partial charge in [0.05, 0.1) is 12.8 Å². The third-order valence-corrected chi connectivity index (χ3v) is 4.64. The minimum atomic E-state index is -0.0284. The van der Waals surface area contributed by atoms with E-state index in [2.05, 4.69) is 35.3 Å². The first-order valence-electron chi connectivity index (χ1n) is 7.52. The maximum absolute atomic E-state index is 11.3. The number of ether oxygens (including phenoxy) is 1. The number of nitrogens with zero attached hydrogens (tertiary/aromatic N) is 1. The van der Waals surface area contributed by atoms with Gasteiger partial charge in [-0.15, -0.1) is 18.3 Å². The van der Waals surface area contributed by atoms with Crippen molar-refractivity contribution >= 4 is 29.5 Å². The van der Waals surface area contributed by atoms with Gasteiger partial charge in [0.25, 0.3) is 0 Å². The summed E-state index contributed by atoms with van der Waals surface area (Å²) in [6, 6.07) is 6.13. The van der Waals surface area contributed by atoms with Crippen molar-refractivity contribution in [2.75, 3.05) is 12.9 Å². The Morgan fingerprint density at radius 2 is 2.35 bits per heavy atom. The molecule has 0 aliphatic carbocycles. The predicted octanol–water partition coefficient (Wildman–Crippen LogP) is 3.89. The average Bonchev–Trinajstić information content (AvgIpc) is 2.53. The first-order chi connectivity index (χ1) is 11.0. The molecule has 23 heavy (non-hydrogen) atoms. The molecule has 1 atom stereocenters. The lowest BCUT2D eigenvalue weighted by Crippen LogP contribution is -2.31. The zero-order valence-electron chi connectivity index (χ0n) is 13.8. The summed E-state index contributed by atoms with van der Waals surface area (Å²) in [4.78, 5) is 12.4. The summed E-state index contributed by atoms with van der Waals surface area (Å²) >= 11 is 1.69. The first kappa shape index (κ1) is 17.3. The van der Waals surface area contributed by atoms with Crippen molar-refractivity contribution in [1.82, 2.24) is 5.43 Å². The number of hydrogen-bond acceptors (Lipinski definition) is 4. The molecule has 0 radical (unpaired) electrons. The summed E-state index contributed by atoms with van der Waals surface area (Å²) in [5, 5.41) is 4.19. The molecule has 0 bridgehead atoms. The van der Waals surface area contributed by atoms with Crippen LogP contribution in [0.1, 0.15) is 25.8 Å². The molecule has 5 heteroatoms. The topological polar surface area (TPSA) is 50.7 Å². The quantitative estimate of drug-likeness (QED) is 0.636. The average molecular weight is 330 g/mol. The van der Waals surface area contributed by atoms with Crippen LogP contribution in [0.25, 0.3) is 6.08 Å². The maximum Gasteiger partial charge on any atom is 0.240 e. The van der Waals surface area contributed by atoms with E-state index >= 15 is 0 Å². The molecular weight excluding hydrogens is 308 g/mol. The molecular formula is C18H22N2O2S. The second-order valence-corrected chi connectivity index (χ2v) is 6.54. The standard InChI is InChI=1S/C18H22N2O2S/c1-5-8-23-16-7-6-14(11-15(16)22-4)9-12(2)18-13(3)10-17(21)19-20-18/h5-7,9,11,13H,1,8,10H2,2-4H3,(H,19,21). The number of rotatable bonds is 6. The number of nitrogens with one attached hydrogen (secondary N) is 1. The Morgan fingerprint density at radius 3 is 3.00 bits per heavy atom. The summed E-state index contributed by atoms with van der Waals surface area (Å²) in [5.74, 6) is 1.80. The number of allylic oxidation sites excluding steroid dienone is 1. The second-order valence-electron chi connectivity index (χ2n) is 5.47. The molecule has 0 aromatic heterocycles. The van der Waals surface area contributed by atoms with Gasteiger partial charge in [0.1, 0.15) is 5.75 Å². The van der Waals surface area contributed by atoms with Gasteiger partial charge in [0, 0.05) is 23.0 Å².